The van der Waals surface area contributed by atoms with Crippen molar-refractivity contribution in [3.05, 3.63) is 12.2 Å². The van der Waals surface area contributed by atoms with Gasteiger partial charge >= 0.3 is 5.97 Å². The van der Waals surface area contributed by atoms with Crippen molar-refractivity contribution in [2.75, 3.05) is 0 Å². The lowest BCUT2D eigenvalue weighted by Gasteiger charge is -2.77. The molecule has 8 fully saturated rings. The lowest BCUT2D eigenvalue weighted by molar-refractivity contribution is -0.317. The molecule has 3 atom stereocenters. The van der Waals surface area contributed by atoms with E-state index >= 15 is 0 Å². The molecule has 0 radical (unpaired) electrons. The Morgan fingerprint density at radius 1 is 0.862 bits per heavy atom. The summed E-state index contributed by atoms with van der Waals surface area (Å²) in [5.74, 6) is 5.94. The Balaban J connectivity index is 1.51. The van der Waals surface area contributed by atoms with E-state index in [9.17, 15) is 4.79 Å². The van der Waals surface area contributed by atoms with Crippen LogP contribution in [0.15, 0.2) is 12.2 Å². The molecule has 8 aliphatic carbocycles. The van der Waals surface area contributed by atoms with Crippen molar-refractivity contribution in [2.45, 2.75) is 97.0 Å². The highest BCUT2D eigenvalue weighted by Gasteiger charge is 2.76. The summed E-state index contributed by atoms with van der Waals surface area (Å²) >= 11 is 0. The zero-order valence-electron chi connectivity index (χ0n) is 18.8. The van der Waals surface area contributed by atoms with Crippen LogP contribution in [0.3, 0.4) is 0 Å². The molecule has 0 amide bonds. The Bertz CT molecular complexity index is 708. The number of ether oxygens (including phenoxy) is 1. The van der Waals surface area contributed by atoms with E-state index in [0.717, 1.165) is 35.5 Å². The van der Waals surface area contributed by atoms with Gasteiger partial charge < -0.3 is 4.74 Å². The zero-order valence-corrected chi connectivity index (χ0v) is 18.8. The maximum Gasteiger partial charge on any atom is 0.333 e. The zero-order chi connectivity index (χ0) is 20.2. The van der Waals surface area contributed by atoms with Crippen LogP contribution in [-0.4, -0.2) is 11.6 Å². The van der Waals surface area contributed by atoms with Gasteiger partial charge in [-0.1, -0.05) is 13.5 Å². The average molecular weight is 397 g/mol. The van der Waals surface area contributed by atoms with Crippen LogP contribution in [0.5, 0.6) is 0 Å². The van der Waals surface area contributed by atoms with Gasteiger partial charge in [-0.3, -0.25) is 0 Å². The lowest BCUT2D eigenvalue weighted by atomic mass is 9.29. The molecule has 8 aliphatic rings. The first kappa shape index (κ1) is 18.9. The van der Waals surface area contributed by atoms with Crippen molar-refractivity contribution in [1.82, 2.24) is 0 Å². The third-order valence-electron chi connectivity index (χ3n) is 11.6. The highest BCUT2D eigenvalue weighted by atomic mass is 16.6. The largest absolute Gasteiger partial charge is 0.455 e. The molecule has 0 saturated heterocycles. The van der Waals surface area contributed by atoms with Gasteiger partial charge in [0.25, 0.3) is 0 Å². The van der Waals surface area contributed by atoms with E-state index in [4.69, 9.17) is 4.74 Å². The smallest absolute Gasteiger partial charge is 0.333 e. The number of carbonyl (C=O) groups excluding carboxylic acids is 1. The van der Waals surface area contributed by atoms with E-state index in [0.29, 0.717) is 16.9 Å². The fraction of sp³-hybridized carbons (Fsp3) is 0.889. The van der Waals surface area contributed by atoms with E-state index < -0.39 is 0 Å². The van der Waals surface area contributed by atoms with Crippen molar-refractivity contribution >= 4 is 5.97 Å². The molecule has 8 bridgehead atoms. The molecule has 0 aromatic carbocycles. The molecule has 2 heteroatoms. The predicted molar refractivity (Wildman–Crippen MR) is 115 cm³/mol. The number of carbonyl (C=O) groups is 1. The Labute approximate surface area is 177 Å². The molecule has 0 spiro atoms. The van der Waals surface area contributed by atoms with Gasteiger partial charge in [-0.15, -0.1) is 0 Å². The Morgan fingerprint density at radius 2 is 1.34 bits per heavy atom. The van der Waals surface area contributed by atoms with E-state index in [-0.39, 0.29) is 17.0 Å². The number of esters is 1. The summed E-state index contributed by atoms with van der Waals surface area (Å²) in [6.45, 7) is 10.7. The normalized spacial score (nSPS) is 56.6. The maximum atomic E-state index is 12.9. The van der Waals surface area contributed by atoms with Crippen molar-refractivity contribution in [3.8, 4) is 0 Å². The second-order valence-electron chi connectivity index (χ2n) is 12.6. The van der Waals surface area contributed by atoms with Crippen LogP contribution in [0.1, 0.15) is 91.4 Å². The standard InChI is InChI=1S/C27H40O2/c1-5-27(22-8-17-6-18(10-22)11-23(27)9-17)26-14-19-7-20(15-26)13-21(12-19)25(26,4)29-24(28)16(2)3/h17-23H,2,5-15H2,1,3-4H3. The summed E-state index contributed by atoms with van der Waals surface area (Å²) in [5, 5.41) is 0. The fourth-order valence-corrected chi connectivity index (χ4v) is 11.2. The third-order valence-corrected chi connectivity index (χ3v) is 11.6. The number of hydrogen-bond donors (Lipinski definition) is 0. The van der Waals surface area contributed by atoms with Crippen molar-refractivity contribution in [1.29, 1.82) is 0 Å². The van der Waals surface area contributed by atoms with Gasteiger partial charge in [0, 0.05) is 11.0 Å². The van der Waals surface area contributed by atoms with E-state index in [1.165, 1.54) is 70.6 Å². The summed E-state index contributed by atoms with van der Waals surface area (Å²) in [6.07, 6.45) is 15.4. The van der Waals surface area contributed by atoms with E-state index in [1.807, 2.05) is 6.92 Å². The maximum absolute atomic E-state index is 12.9. The molecule has 29 heavy (non-hydrogen) atoms. The summed E-state index contributed by atoms with van der Waals surface area (Å²) in [5.41, 5.74) is 0.894. The van der Waals surface area contributed by atoms with Crippen LogP contribution in [0.2, 0.25) is 0 Å². The summed E-state index contributed by atoms with van der Waals surface area (Å²) in [6, 6.07) is 0. The number of rotatable bonds is 4. The van der Waals surface area contributed by atoms with Gasteiger partial charge in [-0.05, 0) is 131 Å². The van der Waals surface area contributed by atoms with Crippen molar-refractivity contribution in [3.63, 3.8) is 0 Å². The molecule has 160 valence electrons. The Kier molecular flexibility index (Phi) is 3.86. The third kappa shape index (κ3) is 2.17. The molecule has 0 aromatic heterocycles. The summed E-state index contributed by atoms with van der Waals surface area (Å²) < 4.78 is 6.62. The van der Waals surface area contributed by atoms with Gasteiger partial charge in [0.15, 0.2) is 0 Å². The fourth-order valence-electron chi connectivity index (χ4n) is 11.2. The molecule has 0 aromatic rings. The minimum atomic E-state index is -0.290. The van der Waals surface area contributed by atoms with Crippen molar-refractivity contribution < 1.29 is 9.53 Å². The van der Waals surface area contributed by atoms with E-state index in [1.54, 1.807) is 0 Å². The van der Waals surface area contributed by atoms with Crippen LogP contribution < -0.4 is 0 Å². The van der Waals surface area contributed by atoms with Crippen LogP contribution in [0.4, 0.5) is 0 Å². The summed E-state index contributed by atoms with van der Waals surface area (Å²) in [4.78, 5) is 12.9. The monoisotopic (exact) mass is 396 g/mol. The second kappa shape index (κ2) is 5.92. The minimum Gasteiger partial charge on any atom is -0.455 e. The first-order valence-corrected chi connectivity index (χ1v) is 12.7. The van der Waals surface area contributed by atoms with Crippen LogP contribution in [-0.2, 0) is 9.53 Å². The topological polar surface area (TPSA) is 26.3 Å². The highest BCUT2D eigenvalue weighted by molar-refractivity contribution is 5.87. The molecule has 0 aliphatic heterocycles. The molecule has 0 heterocycles. The minimum absolute atomic E-state index is 0.130. The molecule has 0 N–H and O–H groups in total. The number of hydrogen-bond acceptors (Lipinski definition) is 2. The molecular formula is C27H40O2. The molecular weight excluding hydrogens is 356 g/mol. The molecule has 2 nitrogen and oxygen atoms in total. The van der Waals surface area contributed by atoms with Gasteiger partial charge in [0.2, 0.25) is 0 Å². The van der Waals surface area contributed by atoms with Gasteiger partial charge in [0.05, 0.1) is 0 Å². The highest BCUT2D eigenvalue weighted by Crippen LogP contribution is 2.79. The quantitative estimate of drug-likeness (QED) is 0.398. The van der Waals surface area contributed by atoms with Gasteiger partial charge in [-0.2, -0.15) is 0 Å². The Morgan fingerprint density at radius 3 is 1.83 bits per heavy atom. The van der Waals surface area contributed by atoms with E-state index in [2.05, 4.69) is 20.4 Å². The van der Waals surface area contributed by atoms with Crippen LogP contribution in [0.25, 0.3) is 0 Å². The van der Waals surface area contributed by atoms with Gasteiger partial charge in [-0.25, -0.2) is 4.79 Å². The average Bonchev–Trinajstić information content (AvgIpc) is 2.65. The second-order valence-corrected chi connectivity index (χ2v) is 12.6. The van der Waals surface area contributed by atoms with Crippen LogP contribution in [0, 0.1) is 52.3 Å². The van der Waals surface area contributed by atoms with Crippen LogP contribution >= 0.6 is 0 Å². The lowest BCUT2D eigenvalue weighted by Crippen LogP contribution is -2.74. The Hall–Kier alpha value is -0.790. The molecule has 3 unspecified atom stereocenters. The predicted octanol–water partition coefficient (Wildman–Crippen LogP) is 6.54. The SMILES string of the molecule is C=C(C)C(=O)OC1(C)C2CC3CC(C2)CC1(C1(CC)C2CC4CC(C2)CC1C4)C3. The molecule has 8 saturated carbocycles. The first-order chi connectivity index (χ1) is 13.8. The molecule has 8 rings (SSSR count). The van der Waals surface area contributed by atoms with Crippen molar-refractivity contribution in [2.24, 2.45) is 52.3 Å². The first-order valence-electron chi connectivity index (χ1n) is 12.7. The van der Waals surface area contributed by atoms with Gasteiger partial charge in [0.1, 0.15) is 5.60 Å². The summed E-state index contributed by atoms with van der Waals surface area (Å²) in [7, 11) is 0.